The highest BCUT2D eigenvalue weighted by Gasteiger charge is 2.30. The summed E-state index contributed by atoms with van der Waals surface area (Å²) < 4.78 is 11.2. The van der Waals surface area contributed by atoms with Crippen molar-refractivity contribution in [1.29, 1.82) is 0 Å². The summed E-state index contributed by atoms with van der Waals surface area (Å²) in [6, 6.07) is 7.79. The normalized spacial score (nSPS) is 17.4. The second kappa shape index (κ2) is 5.50. The van der Waals surface area contributed by atoms with Gasteiger partial charge in [0.15, 0.2) is 5.79 Å². The van der Waals surface area contributed by atoms with Crippen LogP contribution in [0.5, 0.6) is 0 Å². The van der Waals surface area contributed by atoms with E-state index in [-0.39, 0.29) is 0 Å². The number of aryl methyl sites for hydroxylation is 1. The molecule has 1 saturated heterocycles. The quantitative estimate of drug-likeness (QED) is 0.902. The molecule has 0 radical (unpaired) electrons. The van der Waals surface area contributed by atoms with Gasteiger partial charge >= 0.3 is 0 Å². The minimum atomic E-state index is -0.461. The monoisotopic (exact) mass is 287 g/mol. The van der Waals surface area contributed by atoms with Crippen LogP contribution in [0.15, 0.2) is 24.3 Å². The smallest absolute Gasteiger partial charge is 0.165 e. The molecule has 5 heteroatoms. The van der Waals surface area contributed by atoms with Crippen molar-refractivity contribution in [2.24, 2.45) is 0 Å². The molecule has 5 nitrogen and oxygen atoms in total. The standard InChI is InChI=1S/C16H21N3O2/c1-16(20-9-10-21-16)8-4-7-13-15(18)14(17)11-5-2-3-6-12(11)19-13/h2-3,5-6H,4,7-10,18H2,1H3,(H2,17,19). The summed E-state index contributed by atoms with van der Waals surface area (Å²) in [6.07, 6.45) is 2.48. The lowest BCUT2D eigenvalue weighted by atomic mass is 10.0. The fourth-order valence-corrected chi connectivity index (χ4v) is 2.77. The summed E-state index contributed by atoms with van der Waals surface area (Å²) >= 11 is 0. The molecule has 21 heavy (non-hydrogen) atoms. The Morgan fingerprint density at radius 2 is 1.86 bits per heavy atom. The van der Waals surface area contributed by atoms with Crippen molar-refractivity contribution in [3.63, 3.8) is 0 Å². The third-order valence-electron chi connectivity index (χ3n) is 3.99. The van der Waals surface area contributed by atoms with Crippen LogP contribution in [0.2, 0.25) is 0 Å². The van der Waals surface area contributed by atoms with Crippen molar-refractivity contribution in [3.05, 3.63) is 30.0 Å². The van der Waals surface area contributed by atoms with E-state index in [0.717, 1.165) is 35.9 Å². The van der Waals surface area contributed by atoms with Gasteiger partial charge in [-0.3, -0.25) is 4.98 Å². The highest BCUT2D eigenvalue weighted by molar-refractivity contribution is 5.96. The van der Waals surface area contributed by atoms with Crippen LogP contribution in [0, 0.1) is 0 Å². The predicted octanol–water partition coefficient (Wildman–Crippen LogP) is 2.48. The van der Waals surface area contributed by atoms with Gasteiger partial charge < -0.3 is 20.9 Å². The first kappa shape index (κ1) is 14.1. The third kappa shape index (κ3) is 2.80. The lowest BCUT2D eigenvalue weighted by Gasteiger charge is -2.22. The van der Waals surface area contributed by atoms with E-state index in [1.807, 2.05) is 31.2 Å². The van der Waals surface area contributed by atoms with Crippen molar-refractivity contribution in [2.45, 2.75) is 32.0 Å². The number of pyridine rings is 1. The van der Waals surface area contributed by atoms with E-state index in [9.17, 15) is 0 Å². The third-order valence-corrected chi connectivity index (χ3v) is 3.99. The van der Waals surface area contributed by atoms with Gasteiger partial charge in [-0.1, -0.05) is 18.2 Å². The average Bonchev–Trinajstić information content (AvgIpc) is 2.91. The van der Waals surface area contributed by atoms with Gasteiger partial charge in [-0.15, -0.1) is 0 Å². The summed E-state index contributed by atoms with van der Waals surface area (Å²) in [5.41, 5.74) is 15.2. The summed E-state index contributed by atoms with van der Waals surface area (Å²) in [5.74, 6) is -0.461. The fraction of sp³-hybridized carbons (Fsp3) is 0.438. The van der Waals surface area contributed by atoms with E-state index >= 15 is 0 Å². The van der Waals surface area contributed by atoms with E-state index in [2.05, 4.69) is 4.98 Å². The van der Waals surface area contributed by atoms with Gasteiger partial charge in [0.05, 0.1) is 35.8 Å². The van der Waals surface area contributed by atoms with Crippen molar-refractivity contribution >= 4 is 22.3 Å². The van der Waals surface area contributed by atoms with Crippen LogP contribution in [0.4, 0.5) is 11.4 Å². The van der Waals surface area contributed by atoms with Crippen LogP contribution in [0.25, 0.3) is 10.9 Å². The van der Waals surface area contributed by atoms with Gasteiger partial charge in [0.1, 0.15) is 0 Å². The van der Waals surface area contributed by atoms with E-state index < -0.39 is 5.79 Å². The molecule has 4 N–H and O–H groups in total. The predicted molar refractivity (Wildman–Crippen MR) is 83.8 cm³/mol. The number of anilines is 2. The Morgan fingerprint density at radius 3 is 2.62 bits per heavy atom. The Bertz CT molecular complexity index is 651. The van der Waals surface area contributed by atoms with Gasteiger partial charge in [-0.05, 0) is 25.8 Å². The molecule has 0 unspecified atom stereocenters. The summed E-state index contributed by atoms with van der Waals surface area (Å²) in [7, 11) is 0. The van der Waals surface area contributed by atoms with Crippen LogP contribution in [0.3, 0.4) is 0 Å². The molecular formula is C16H21N3O2. The molecule has 2 heterocycles. The van der Waals surface area contributed by atoms with Crippen LogP contribution in [0.1, 0.15) is 25.5 Å². The molecule has 1 aromatic heterocycles. The van der Waals surface area contributed by atoms with Gasteiger partial charge in [-0.2, -0.15) is 0 Å². The second-order valence-corrected chi connectivity index (χ2v) is 5.59. The number of hydrogen-bond donors (Lipinski definition) is 2. The number of ether oxygens (including phenoxy) is 2. The Labute approximate surface area is 124 Å². The average molecular weight is 287 g/mol. The number of nitrogens with zero attached hydrogens (tertiary/aromatic N) is 1. The first-order valence-corrected chi connectivity index (χ1v) is 7.29. The summed E-state index contributed by atoms with van der Waals surface area (Å²) in [6.45, 7) is 3.31. The number of nitrogen functional groups attached to an aromatic ring is 2. The van der Waals surface area contributed by atoms with Gasteiger partial charge in [0, 0.05) is 11.8 Å². The van der Waals surface area contributed by atoms with Crippen LogP contribution in [-0.2, 0) is 15.9 Å². The molecular weight excluding hydrogens is 266 g/mol. The van der Waals surface area contributed by atoms with Crippen molar-refractivity contribution in [3.8, 4) is 0 Å². The number of nitrogens with two attached hydrogens (primary N) is 2. The number of rotatable bonds is 4. The molecule has 112 valence electrons. The number of fused-ring (bicyclic) bond motifs is 1. The van der Waals surface area contributed by atoms with Gasteiger partial charge in [-0.25, -0.2) is 0 Å². The molecule has 1 fully saturated rings. The molecule has 0 aliphatic carbocycles. The topological polar surface area (TPSA) is 83.4 Å². The molecule has 2 aromatic rings. The molecule has 0 bridgehead atoms. The summed E-state index contributed by atoms with van der Waals surface area (Å²) in [5, 5.41) is 0.910. The summed E-state index contributed by atoms with van der Waals surface area (Å²) in [4.78, 5) is 4.64. The van der Waals surface area contributed by atoms with Crippen LogP contribution >= 0.6 is 0 Å². The van der Waals surface area contributed by atoms with Crippen molar-refractivity contribution < 1.29 is 9.47 Å². The minimum absolute atomic E-state index is 0.461. The zero-order valence-corrected chi connectivity index (χ0v) is 12.3. The van der Waals surface area contributed by atoms with Crippen LogP contribution in [-0.4, -0.2) is 24.0 Å². The number of aromatic nitrogens is 1. The largest absolute Gasteiger partial charge is 0.396 e. The lowest BCUT2D eigenvalue weighted by Crippen LogP contribution is -2.25. The molecule has 3 rings (SSSR count). The zero-order valence-electron chi connectivity index (χ0n) is 12.3. The highest BCUT2D eigenvalue weighted by atomic mass is 16.7. The molecule has 1 aromatic carbocycles. The van der Waals surface area contributed by atoms with E-state index in [1.165, 1.54) is 0 Å². The lowest BCUT2D eigenvalue weighted by molar-refractivity contribution is -0.147. The first-order valence-electron chi connectivity index (χ1n) is 7.29. The number of para-hydroxylation sites is 1. The van der Waals surface area contributed by atoms with Gasteiger partial charge in [0.25, 0.3) is 0 Å². The Morgan fingerprint density at radius 1 is 1.14 bits per heavy atom. The molecule has 0 saturated carbocycles. The SMILES string of the molecule is CC1(CCCc2nc3ccccc3c(N)c2N)OCCO1. The molecule has 0 amide bonds. The minimum Gasteiger partial charge on any atom is -0.396 e. The molecule has 0 spiro atoms. The number of benzene rings is 1. The maximum atomic E-state index is 6.13. The number of hydrogen-bond acceptors (Lipinski definition) is 5. The van der Waals surface area contributed by atoms with Crippen molar-refractivity contribution in [2.75, 3.05) is 24.7 Å². The molecule has 1 aliphatic heterocycles. The maximum absolute atomic E-state index is 6.13. The van der Waals surface area contributed by atoms with E-state index in [0.29, 0.717) is 24.6 Å². The van der Waals surface area contributed by atoms with Crippen LogP contribution < -0.4 is 11.5 Å². The van der Waals surface area contributed by atoms with E-state index in [4.69, 9.17) is 20.9 Å². The maximum Gasteiger partial charge on any atom is 0.165 e. The Kier molecular flexibility index (Phi) is 3.69. The molecule has 0 atom stereocenters. The van der Waals surface area contributed by atoms with Gasteiger partial charge in [0.2, 0.25) is 0 Å². The van der Waals surface area contributed by atoms with Crippen molar-refractivity contribution in [1.82, 2.24) is 4.98 Å². The highest BCUT2D eigenvalue weighted by Crippen LogP contribution is 2.30. The molecule has 1 aliphatic rings. The first-order chi connectivity index (χ1) is 10.1. The second-order valence-electron chi connectivity index (χ2n) is 5.59. The van der Waals surface area contributed by atoms with E-state index in [1.54, 1.807) is 0 Å². The Balaban J connectivity index is 1.76. The fourth-order valence-electron chi connectivity index (χ4n) is 2.77. The zero-order chi connectivity index (χ0) is 14.9. The Hall–Kier alpha value is -1.85.